The summed E-state index contributed by atoms with van der Waals surface area (Å²) in [6.07, 6.45) is 5.75. The van der Waals surface area contributed by atoms with E-state index in [9.17, 15) is 0 Å². The number of benzene rings is 1. The molecular formula is C15H22N2. The van der Waals surface area contributed by atoms with E-state index in [1.807, 2.05) is 0 Å². The summed E-state index contributed by atoms with van der Waals surface area (Å²) in [5.74, 6) is 0. The fourth-order valence-corrected chi connectivity index (χ4v) is 3.62. The zero-order valence-electron chi connectivity index (χ0n) is 10.7. The second-order valence-electron chi connectivity index (χ2n) is 5.84. The quantitative estimate of drug-likeness (QED) is 0.846. The van der Waals surface area contributed by atoms with Crippen molar-refractivity contribution in [2.75, 3.05) is 18.0 Å². The van der Waals surface area contributed by atoms with Crippen molar-refractivity contribution in [1.82, 2.24) is 0 Å². The van der Waals surface area contributed by atoms with Gasteiger partial charge in [-0.3, -0.25) is 0 Å². The van der Waals surface area contributed by atoms with Crippen molar-refractivity contribution < 1.29 is 0 Å². The minimum absolute atomic E-state index is 0.658. The predicted molar refractivity (Wildman–Crippen MR) is 72.2 cm³/mol. The third-order valence-corrected chi connectivity index (χ3v) is 4.65. The van der Waals surface area contributed by atoms with Gasteiger partial charge >= 0.3 is 0 Å². The second-order valence-corrected chi connectivity index (χ2v) is 5.84. The smallest absolute Gasteiger partial charge is 0.0414 e. The van der Waals surface area contributed by atoms with E-state index in [1.54, 1.807) is 0 Å². The fourth-order valence-electron chi connectivity index (χ4n) is 3.62. The van der Waals surface area contributed by atoms with Gasteiger partial charge in [-0.15, -0.1) is 0 Å². The molecule has 0 radical (unpaired) electrons. The summed E-state index contributed by atoms with van der Waals surface area (Å²) in [6, 6.07) is 6.55. The Labute approximate surface area is 104 Å². The van der Waals surface area contributed by atoms with Crippen LogP contribution < -0.4 is 10.6 Å². The molecule has 0 unspecified atom stereocenters. The average Bonchev–Trinajstić information content (AvgIpc) is 2.76. The van der Waals surface area contributed by atoms with E-state index in [0.29, 0.717) is 12.0 Å². The normalized spacial score (nSPS) is 21.9. The Morgan fingerprint density at radius 2 is 1.94 bits per heavy atom. The number of rotatable bonds is 2. The highest BCUT2D eigenvalue weighted by Crippen LogP contribution is 2.47. The maximum atomic E-state index is 5.89. The van der Waals surface area contributed by atoms with Crippen LogP contribution in [0, 0.1) is 12.3 Å². The van der Waals surface area contributed by atoms with E-state index in [0.717, 1.165) is 0 Å². The van der Waals surface area contributed by atoms with Crippen LogP contribution in [0.3, 0.4) is 0 Å². The van der Waals surface area contributed by atoms with Gasteiger partial charge in [-0.1, -0.05) is 25.0 Å². The Kier molecular flexibility index (Phi) is 2.62. The van der Waals surface area contributed by atoms with Crippen LogP contribution in [0.4, 0.5) is 5.69 Å². The number of hydrogen-bond donors (Lipinski definition) is 1. The summed E-state index contributed by atoms with van der Waals surface area (Å²) in [5.41, 5.74) is 10.6. The zero-order valence-corrected chi connectivity index (χ0v) is 10.7. The van der Waals surface area contributed by atoms with Crippen LogP contribution >= 0.6 is 0 Å². The molecule has 2 N–H and O–H groups in total. The molecule has 0 amide bonds. The van der Waals surface area contributed by atoms with Gasteiger partial charge in [0.25, 0.3) is 0 Å². The lowest BCUT2D eigenvalue weighted by atomic mass is 9.77. The highest BCUT2D eigenvalue weighted by Gasteiger charge is 2.45. The Hall–Kier alpha value is -1.02. The van der Waals surface area contributed by atoms with Crippen molar-refractivity contribution in [3.8, 4) is 0 Å². The Morgan fingerprint density at radius 1 is 1.24 bits per heavy atom. The molecule has 1 aliphatic heterocycles. The van der Waals surface area contributed by atoms with Gasteiger partial charge in [0.1, 0.15) is 0 Å². The molecule has 0 atom stereocenters. The summed E-state index contributed by atoms with van der Waals surface area (Å²) in [4.78, 5) is 2.53. The lowest BCUT2D eigenvalue weighted by Crippen LogP contribution is -2.55. The standard InChI is InChI=1S/C15H22N2/c1-12-5-4-6-14(13(12)9-16)17-10-15(11-17)7-2-3-8-15/h4-6H,2-3,7-11,16H2,1H3. The molecule has 0 aromatic heterocycles. The summed E-state index contributed by atoms with van der Waals surface area (Å²) < 4.78 is 0. The van der Waals surface area contributed by atoms with Gasteiger partial charge in [-0.2, -0.15) is 0 Å². The minimum Gasteiger partial charge on any atom is -0.370 e. The Morgan fingerprint density at radius 3 is 2.59 bits per heavy atom. The van der Waals surface area contributed by atoms with E-state index >= 15 is 0 Å². The SMILES string of the molecule is Cc1cccc(N2CC3(CCCC3)C2)c1CN. The van der Waals surface area contributed by atoms with Crippen molar-refractivity contribution in [3.63, 3.8) is 0 Å². The van der Waals surface area contributed by atoms with Gasteiger partial charge in [-0.25, -0.2) is 0 Å². The van der Waals surface area contributed by atoms with Crippen molar-refractivity contribution >= 4 is 5.69 Å². The van der Waals surface area contributed by atoms with Gasteiger partial charge in [0.15, 0.2) is 0 Å². The molecule has 92 valence electrons. The monoisotopic (exact) mass is 230 g/mol. The third-order valence-electron chi connectivity index (χ3n) is 4.65. The van der Waals surface area contributed by atoms with E-state index in [4.69, 9.17) is 5.73 Å². The van der Waals surface area contributed by atoms with Crippen molar-refractivity contribution in [1.29, 1.82) is 0 Å². The molecule has 1 aromatic carbocycles. The number of nitrogens with two attached hydrogens (primary N) is 1. The molecule has 1 saturated carbocycles. The molecule has 1 aromatic rings. The average molecular weight is 230 g/mol. The zero-order chi connectivity index (χ0) is 11.9. The third kappa shape index (κ3) is 1.75. The number of aryl methyl sites for hydroxylation is 1. The predicted octanol–water partition coefficient (Wildman–Crippen LogP) is 2.83. The summed E-state index contributed by atoms with van der Waals surface area (Å²) >= 11 is 0. The van der Waals surface area contributed by atoms with Gasteiger partial charge in [0.05, 0.1) is 0 Å². The van der Waals surface area contributed by atoms with E-state index < -0.39 is 0 Å². The first-order chi connectivity index (χ1) is 8.24. The summed E-state index contributed by atoms with van der Waals surface area (Å²) in [6.45, 7) is 5.33. The molecule has 3 rings (SSSR count). The van der Waals surface area contributed by atoms with Crippen LogP contribution in [0.15, 0.2) is 18.2 Å². The van der Waals surface area contributed by atoms with Gasteiger partial charge in [-0.05, 0) is 37.0 Å². The van der Waals surface area contributed by atoms with Crippen molar-refractivity contribution in [2.24, 2.45) is 11.1 Å². The number of nitrogens with zero attached hydrogens (tertiary/aromatic N) is 1. The first-order valence-corrected chi connectivity index (χ1v) is 6.78. The Balaban J connectivity index is 1.80. The van der Waals surface area contributed by atoms with E-state index in [-0.39, 0.29) is 0 Å². The maximum Gasteiger partial charge on any atom is 0.0414 e. The molecule has 2 heteroatoms. The van der Waals surface area contributed by atoms with Crippen LogP contribution in [-0.4, -0.2) is 13.1 Å². The summed E-state index contributed by atoms with van der Waals surface area (Å²) in [5, 5.41) is 0. The minimum atomic E-state index is 0.658. The first kappa shape index (κ1) is 11.1. The van der Waals surface area contributed by atoms with Crippen LogP contribution in [0.2, 0.25) is 0 Å². The van der Waals surface area contributed by atoms with Crippen molar-refractivity contribution in [2.45, 2.75) is 39.2 Å². The molecule has 2 aliphatic rings. The van der Waals surface area contributed by atoms with E-state index in [2.05, 4.69) is 30.0 Å². The van der Waals surface area contributed by atoms with Crippen LogP contribution in [0.1, 0.15) is 36.8 Å². The molecule has 1 saturated heterocycles. The highest BCUT2D eigenvalue weighted by molar-refractivity contribution is 5.59. The van der Waals surface area contributed by atoms with Crippen molar-refractivity contribution in [3.05, 3.63) is 29.3 Å². The molecule has 1 aliphatic carbocycles. The van der Waals surface area contributed by atoms with Crippen LogP contribution in [0.5, 0.6) is 0 Å². The van der Waals surface area contributed by atoms with Gasteiger partial charge in [0.2, 0.25) is 0 Å². The molecule has 1 heterocycles. The number of anilines is 1. The molecule has 17 heavy (non-hydrogen) atoms. The molecule has 1 spiro atoms. The topological polar surface area (TPSA) is 29.3 Å². The lowest BCUT2D eigenvalue weighted by molar-refractivity contribution is 0.221. The molecule has 0 bridgehead atoms. The van der Waals surface area contributed by atoms with Gasteiger partial charge in [0, 0.05) is 30.7 Å². The largest absolute Gasteiger partial charge is 0.370 e. The molecule has 2 nitrogen and oxygen atoms in total. The highest BCUT2D eigenvalue weighted by atomic mass is 15.2. The lowest BCUT2D eigenvalue weighted by Gasteiger charge is -2.50. The van der Waals surface area contributed by atoms with E-state index in [1.165, 1.54) is 55.6 Å². The molecular weight excluding hydrogens is 208 g/mol. The maximum absolute atomic E-state index is 5.89. The first-order valence-electron chi connectivity index (χ1n) is 6.78. The van der Waals surface area contributed by atoms with Crippen LogP contribution in [-0.2, 0) is 6.54 Å². The second kappa shape index (κ2) is 4.02. The molecule has 2 fully saturated rings. The van der Waals surface area contributed by atoms with Gasteiger partial charge < -0.3 is 10.6 Å². The number of hydrogen-bond acceptors (Lipinski definition) is 2. The Bertz CT molecular complexity index is 411. The van der Waals surface area contributed by atoms with Crippen LogP contribution in [0.25, 0.3) is 0 Å². The fraction of sp³-hybridized carbons (Fsp3) is 0.600. The summed E-state index contributed by atoms with van der Waals surface area (Å²) in [7, 11) is 0.